The van der Waals surface area contributed by atoms with Crippen LogP contribution in [-0.4, -0.2) is 30.4 Å². The number of aromatic nitrogens is 1. The van der Waals surface area contributed by atoms with Crippen LogP contribution in [0.1, 0.15) is 12.8 Å². The number of piperidine rings is 1. The largest absolute Gasteiger partial charge is 0.490 e. The second-order valence-corrected chi connectivity index (χ2v) is 8.27. The first-order valence-corrected chi connectivity index (χ1v) is 10.8. The van der Waals surface area contributed by atoms with Crippen LogP contribution in [0.3, 0.4) is 0 Å². The molecule has 4 rings (SSSR count). The summed E-state index contributed by atoms with van der Waals surface area (Å²) in [6.07, 6.45) is 6.34. The summed E-state index contributed by atoms with van der Waals surface area (Å²) in [4.78, 5) is 8.19. The van der Waals surface area contributed by atoms with Gasteiger partial charge in [0, 0.05) is 52.6 Å². The molecule has 0 spiro atoms. The summed E-state index contributed by atoms with van der Waals surface area (Å²) >= 11 is 5.33. The van der Waals surface area contributed by atoms with E-state index in [0.717, 1.165) is 41.7 Å². The highest BCUT2D eigenvalue weighted by Crippen LogP contribution is 2.31. The highest BCUT2D eigenvalue weighted by Gasteiger charge is 2.22. The van der Waals surface area contributed by atoms with Gasteiger partial charge in [-0.25, -0.2) is 0 Å². The van der Waals surface area contributed by atoms with Gasteiger partial charge in [-0.2, -0.15) is 0 Å². The van der Waals surface area contributed by atoms with E-state index in [0.29, 0.717) is 0 Å². The van der Waals surface area contributed by atoms with Crippen LogP contribution in [0.15, 0.2) is 64.1 Å². The molecule has 0 atom stereocenters. The van der Waals surface area contributed by atoms with Crippen LogP contribution in [0.4, 0.5) is 5.69 Å². The number of nitrogens with zero attached hydrogens (tertiary/aromatic N) is 2. The Balaban J connectivity index is 1.46. The Bertz CT molecular complexity index is 909. The monoisotopic (exact) mass is 428 g/mol. The fourth-order valence-corrected chi connectivity index (χ4v) is 4.27. The molecule has 1 fully saturated rings. The second kappa shape index (κ2) is 7.89. The molecule has 0 amide bonds. The van der Waals surface area contributed by atoms with Crippen LogP contribution >= 0.6 is 27.7 Å². The maximum Gasteiger partial charge on any atom is 0.120 e. The van der Waals surface area contributed by atoms with Crippen molar-refractivity contribution in [1.82, 2.24) is 4.98 Å². The van der Waals surface area contributed by atoms with Gasteiger partial charge >= 0.3 is 0 Å². The van der Waals surface area contributed by atoms with E-state index in [1.54, 1.807) is 11.8 Å². The molecule has 3 nitrogen and oxygen atoms in total. The Morgan fingerprint density at radius 1 is 1.12 bits per heavy atom. The minimum atomic E-state index is 0.281. The fourth-order valence-electron chi connectivity index (χ4n) is 3.46. The van der Waals surface area contributed by atoms with Crippen molar-refractivity contribution in [2.75, 3.05) is 24.2 Å². The van der Waals surface area contributed by atoms with Gasteiger partial charge in [0.2, 0.25) is 0 Å². The van der Waals surface area contributed by atoms with Crippen molar-refractivity contribution in [2.24, 2.45) is 0 Å². The van der Waals surface area contributed by atoms with E-state index in [2.05, 4.69) is 74.5 Å². The van der Waals surface area contributed by atoms with Gasteiger partial charge in [0.15, 0.2) is 0 Å². The summed E-state index contributed by atoms with van der Waals surface area (Å²) < 4.78 is 7.32. The number of hydrogen-bond donors (Lipinski definition) is 0. The molecule has 5 heteroatoms. The molecule has 1 aliphatic heterocycles. The number of pyridine rings is 1. The third kappa shape index (κ3) is 3.84. The van der Waals surface area contributed by atoms with E-state index in [1.807, 2.05) is 12.3 Å². The number of anilines is 1. The smallest absolute Gasteiger partial charge is 0.120 e. The van der Waals surface area contributed by atoms with E-state index >= 15 is 0 Å². The lowest BCUT2D eigenvalue weighted by atomic mass is 10.1. The van der Waals surface area contributed by atoms with Gasteiger partial charge in [0.1, 0.15) is 11.9 Å². The van der Waals surface area contributed by atoms with Gasteiger partial charge < -0.3 is 9.64 Å². The summed E-state index contributed by atoms with van der Waals surface area (Å²) in [5, 5.41) is 1.20. The lowest BCUT2D eigenvalue weighted by Gasteiger charge is -2.34. The van der Waals surface area contributed by atoms with Crippen molar-refractivity contribution in [3.63, 3.8) is 0 Å². The second-order valence-electron chi connectivity index (χ2n) is 6.47. The van der Waals surface area contributed by atoms with Crippen molar-refractivity contribution >= 4 is 44.3 Å². The highest BCUT2D eigenvalue weighted by molar-refractivity contribution is 9.10. The van der Waals surface area contributed by atoms with Gasteiger partial charge in [-0.1, -0.05) is 22.0 Å². The van der Waals surface area contributed by atoms with Gasteiger partial charge in [-0.15, -0.1) is 11.8 Å². The van der Waals surface area contributed by atoms with Crippen LogP contribution in [-0.2, 0) is 0 Å². The lowest BCUT2D eigenvalue weighted by molar-refractivity contribution is 0.170. The number of fused-ring (bicyclic) bond motifs is 1. The maximum atomic E-state index is 6.23. The normalized spacial score (nSPS) is 15.4. The Hall–Kier alpha value is -1.72. The van der Waals surface area contributed by atoms with Gasteiger partial charge in [-0.05, 0) is 48.7 Å². The molecule has 134 valence electrons. The summed E-state index contributed by atoms with van der Waals surface area (Å²) in [5.41, 5.74) is 2.30. The van der Waals surface area contributed by atoms with Crippen molar-refractivity contribution in [1.29, 1.82) is 0 Å². The van der Waals surface area contributed by atoms with E-state index in [1.165, 1.54) is 16.0 Å². The minimum absolute atomic E-state index is 0.281. The molecule has 0 bridgehead atoms. The predicted molar refractivity (Wildman–Crippen MR) is 114 cm³/mol. The molecule has 1 aliphatic rings. The number of halogens is 1. The van der Waals surface area contributed by atoms with Crippen molar-refractivity contribution in [3.05, 3.63) is 59.2 Å². The Kier molecular flexibility index (Phi) is 5.36. The Morgan fingerprint density at radius 3 is 2.77 bits per heavy atom. The SMILES string of the molecule is CSc1cccc(OC2CCN(c3ccnc4ccc(Br)cc34)CC2)c1. The standard InChI is InChI=1S/C21H21BrN2OS/c1-26-18-4-2-3-17(14-18)25-16-8-11-24(12-9-16)21-7-10-23-20-6-5-15(22)13-19(20)21/h2-7,10,13-14,16H,8-9,11-12H2,1H3. The number of hydrogen-bond acceptors (Lipinski definition) is 4. The van der Waals surface area contributed by atoms with Crippen LogP contribution in [0.2, 0.25) is 0 Å². The average molecular weight is 429 g/mol. The molecule has 0 N–H and O–H groups in total. The first kappa shape index (κ1) is 17.7. The molecule has 2 heterocycles. The quantitative estimate of drug-likeness (QED) is 0.492. The van der Waals surface area contributed by atoms with E-state index in [-0.39, 0.29) is 6.10 Å². The van der Waals surface area contributed by atoms with Crippen LogP contribution in [0.5, 0.6) is 5.75 Å². The zero-order valence-electron chi connectivity index (χ0n) is 14.7. The molecule has 26 heavy (non-hydrogen) atoms. The highest BCUT2D eigenvalue weighted by atomic mass is 79.9. The molecule has 2 aromatic carbocycles. The average Bonchev–Trinajstić information content (AvgIpc) is 2.68. The lowest BCUT2D eigenvalue weighted by Crippen LogP contribution is -2.38. The molecule has 0 unspecified atom stereocenters. The number of thioether (sulfide) groups is 1. The zero-order valence-corrected chi connectivity index (χ0v) is 17.1. The van der Waals surface area contributed by atoms with Gasteiger partial charge in [0.25, 0.3) is 0 Å². The van der Waals surface area contributed by atoms with Gasteiger partial charge in [-0.3, -0.25) is 4.98 Å². The molecule has 0 radical (unpaired) electrons. The molecule has 3 aromatic rings. The number of benzene rings is 2. The first-order valence-electron chi connectivity index (χ1n) is 8.83. The van der Waals surface area contributed by atoms with Crippen LogP contribution < -0.4 is 9.64 Å². The Morgan fingerprint density at radius 2 is 1.96 bits per heavy atom. The fraction of sp³-hybridized carbons (Fsp3) is 0.286. The minimum Gasteiger partial charge on any atom is -0.490 e. The molecule has 1 aromatic heterocycles. The molecule has 1 saturated heterocycles. The summed E-state index contributed by atoms with van der Waals surface area (Å²) in [6.45, 7) is 2.00. The summed E-state index contributed by atoms with van der Waals surface area (Å²) in [5.74, 6) is 0.980. The molecular weight excluding hydrogens is 408 g/mol. The third-order valence-corrected chi connectivity index (χ3v) is 6.03. The first-order chi connectivity index (χ1) is 12.7. The molecule has 0 saturated carbocycles. The predicted octanol–water partition coefficient (Wildman–Crippen LogP) is 5.77. The van der Waals surface area contributed by atoms with Crippen LogP contribution in [0.25, 0.3) is 10.9 Å². The van der Waals surface area contributed by atoms with Crippen molar-refractivity contribution < 1.29 is 4.74 Å². The number of ether oxygens (including phenoxy) is 1. The third-order valence-electron chi connectivity index (χ3n) is 4.81. The van der Waals surface area contributed by atoms with Crippen molar-refractivity contribution in [3.8, 4) is 5.75 Å². The summed E-state index contributed by atoms with van der Waals surface area (Å²) in [7, 11) is 0. The van der Waals surface area contributed by atoms with Crippen LogP contribution in [0, 0.1) is 0 Å². The van der Waals surface area contributed by atoms with E-state index in [9.17, 15) is 0 Å². The molecule has 0 aliphatic carbocycles. The van der Waals surface area contributed by atoms with Gasteiger partial charge in [0.05, 0.1) is 5.52 Å². The van der Waals surface area contributed by atoms with Crippen molar-refractivity contribution in [2.45, 2.75) is 23.8 Å². The van der Waals surface area contributed by atoms with E-state index < -0.39 is 0 Å². The Labute approximate surface area is 166 Å². The summed E-state index contributed by atoms with van der Waals surface area (Å²) in [6, 6.07) is 16.8. The number of rotatable bonds is 4. The van der Waals surface area contributed by atoms with E-state index in [4.69, 9.17) is 4.74 Å². The molecular formula is C21H21BrN2OS. The topological polar surface area (TPSA) is 25.4 Å². The zero-order chi connectivity index (χ0) is 17.9. The maximum absolute atomic E-state index is 6.23.